The van der Waals surface area contributed by atoms with Crippen molar-refractivity contribution in [1.82, 2.24) is 9.62 Å². The topological polar surface area (TPSA) is 66.5 Å². The minimum atomic E-state index is -3.76. The maximum Gasteiger partial charge on any atom is 0.255 e. The van der Waals surface area contributed by atoms with Crippen molar-refractivity contribution in [3.05, 3.63) is 58.7 Å². The van der Waals surface area contributed by atoms with E-state index in [0.29, 0.717) is 5.56 Å². The average Bonchev–Trinajstić information content (AvgIpc) is 3.43. The van der Waals surface area contributed by atoms with Gasteiger partial charge in [0.25, 0.3) is 5.91 Å². The second kappa shape index (κ2) is 8.73. The molecule has 160 valence electrons. The van der Waals surface area contributed by atoms with Crippen LogP contribution in [0.2, 0.25) is 0 Å². The van der Waals surface area contributed by atoms with Crippen LogP contribution < -0.4 is 4.72 Å². The number of sulfonamides is 1. The van der Waals surface area contributed by atoms with E-state index in [1.54, 1.807) is 12.1 Å². The molecule has 0 spiro atoms. The van der Waals surface area contributed by atoms with E-state index in [4.69, 9.17) is 0 Å². The van der Waals surface area contributed by atoms with E-state index in [1.807, 2.05) is 24.1 Å². The van der Waals surface area contributed by atoms with Gasteiger partial charge in [-0.3, -0.25) is 4.79 Å². The van der Waals surface area contributed by atoms with Gasteiger partial charge >= 0.3 is 0 Å². The fourth-order valence-corrected chi connectivity index (χ4v) is 6.17. The van der Waals surface area contributed by atoms with E-state index < -0.39 is 10.0 Å². The zero-order valence-corrected chi connectivity index (χ0v) is 19.1. The lowest BCUT2D eigenvalue weighted by molar-refractivity contribution is 0.0789. The molecule has 2 aromatic rings. The molecule has 30 heavy (non-hydrogen) atoms. The van der Waals surface area contributed by atoms with E-state index in [0.717, 1.165) is 55.7 Å². The van der Waals surface area contributed by atoms with Gasteiger partial charge in [0.15, 0.2) is 0 Å². The second-order valence-corrected chi connectivity index (χ2v) is 10.6. The zero-order valence-electron chi connectivity index (χ0n) is 17.5. The molecular formula is C23H28N2O3S2. The van der Waals surface area contributed by atoms with E-state index >= 15 is 0 Å². The number of nitrogens with one attached hydrogen (secondary N) is 1. The lowest BCUT2D eigenvalue weighted by Crippen LogP contribution is -2.29. The second-order valence-electron chi connectivity index (χ2n) is 8.09. The zero-order chi connectivity index (χ0) is 21.3. The van der Waals surface area contributed by atoms with Gasteiger partial charge in [-0.2, -0.15) is 0 Å². The average molecular weight is 445 g/mol. The molecule has 7 heteroatoms. The Morgan fingerprint density at radius 3 is 2.50 bits per heavy atom. The van der Waals surface area contributed by atoms with Crippen molar-refractivity contribution < 1.29 is 13.2 Å². The summed E-state index contributed by atoms with van der Waals surface area (Å²) in [7, 11) is -3.76. The number of likely N-dealkylation sites (tertiary alicyclic amines) is 1. The molecule has 0 unspecified atom stereocenters. The number of carbonyl (C=O) groups excluding carboxylic acids is 1. The number of rotatable bonds is 6. The number of nitrogens with zero attached hydrogens (tertiary/aromatic N) is 1. The van der Waals surface area contributed by atoms with Gasteiger partial charge in [0.2, 0.25) is 10.0 Å². The molecule has 4 rings (SSSR count). The lowest BCUT2D eigenvalue weighted by Gasteiger charge is -2.19. The molecule has 1 aliphatic heterocycles. The van der Waals surface area contributed by atoms with Crippen molar-refractivity contribution in [2.24, 2.45) is 0 Å². The van der Waals surface area contributed by atoms with Crippen LogP contribution in [0, 0.1) is 0 Å². The molecule has 0 radical (unpaired) electrons. The monoisotopic (exact) mass is 444 g/mol. The molecule has 1 atom stereocenters. The van der Waals surface area contributed by atoms with Gasteiger partial charge in [-0.05, 0) is 80.2 Å². The van der Waals surface area contributed by atoms with Crippen LogP contribution in [0.3, 0.4) is 0 Å². The Morgan fingerprint density at radius 2 is 1.77 bits per heavy atom. The number of fused-ring (bicyclic) bond motifs is 1. The Labute approximate surface area is 183 Å². The van der Waals surface area contributed by atoms with Crippen LogP contribution in [0.1, 0.15) is 59.3 Å². The summed E-state index contributed by atoms with van der Waals surface area (Å²) in [4.78, 5) is 15.7. The molecule has 0 bridgehead atoms. The molecule has 2 aliphatic rings. The molecule has 1 aliphatic carbocycles. The highest BCUT2D eigenvalue weighted by molar-refractivity contribution is 7.98. The normalized spacial score (nSPS) is 17.2. The molecule has 1 saturated heterocycles. The number of amides is 1. The van der Waals surface area contributed by atoms with Crippen LogP contribution in [-0.4, -0.2) is 38.6 Å². The summed E-state index contributed by atoms with van der Waals surface area (Å²) < 4.78 is 29.0. The molecule has 2 aromatic carbocycles. The van der Waals surface area contributed by atoms with Crippen LogP contribution in [0.15, 0.2) is 46.2 Å². The molecular weight excluding hydrogens is 416 g/mol. The number of hydrogen-bond acceptors (Lipinski definition) is 4. The predicted octanol–water partition coefficient (Wildman–Crippen LogP) is 4.17. The fraction of sp³-hybridized carbons (Fsp3) is 0.435. The van der Waals surface area contributed by atoms with Gasteiger partial charge in [0.05, 0.1) is 10.5 Å². The third-order valence-electron chi connectivity index (χ3n) is 6.06. The van der Waals surface area contributed by atoms with Gasteiger partial charge in [-0.25, -0.2) is 13.1 Å². The standard InChI is InChI=1S/C23H28N2O3S2/c1-16(18-9-8-17-6-5-7-19(17)14-18)24-30(27,28)20-10-11-22(29-2)21(15-20)23(26)25-12-3-4-13-25/h8-11,14-16,24H,3-7,12-13H2,1-2H3/t16-/m1/s1. The summed E-state index contributed by atoms with van der Waals surface area (Å²) in [5.74, 6) is -0.0828. The Hall–Kier alpha value is -1.83. The SMILES string of the molecule is CSc1ccc(S(=O)(=O)N[C@H](C)c2ccc3c(c2)CCC3)cc1C(=O)N1CCCC1. The van der Waals surface area contributed by atoms with E-state index in [2.05, 4.69) is 16.9 Å². The van der Waals surface area contributed by atoms with Crippen molar-refractivity contribution in [3.8, 4) is 0 Å². The van der Waals surface area contributed by atoms with Gasteiger partial charge in [0, 0.05) is 24.0 Å². The maximum absolute atomic E-state index is 13.1. The van der Waals surface area contributed by atoms with Gasteiger partial charge in [-0.1, -0.05) is 18.2 Å². The number of thioether (sulfide) groups is 1. The Morgan fingerprint density at radius 1 is 1.03 bits per heavy atom. The van der Waals surface area contributed by atoms with Crippen molar-refractivity contribution >= 4 is 27.7 Å². The molecule has 1 amide bonds. The highest BCUT2D eigenvalue weighted by Crippen LogP contribution is 2.28. The van der Waals surface area contributed by atoms with Crippen LogP contribution in [0.5, 0.6) is 0 Å². The number of carbonyl (C=O) groups is 1. The summed E-state index contributed by atoms with van der Waals surface area (Å²) in [5.41, 5.74) is 4.12. The molecule has 0 aromatic heterocycles. The largest absolute Gasteiger partial charge is 0.339 e. The van der Waals surface area contributed by atoms with Crippen LogP contribution >= 0.6 is 11.8 Å². The Balaban J connectivity index is 1.59. The molecule has 1 N–H and O–H groups in total. The van der Waals surface area contributed by atoms with E-state index in [1.165, 1.54) is 29.0 Å². The highest BCUT2D eigenvalue weighted by atomic mass is 32.2. The number of benzene rings is 2. The quantitative estimate of drug-likeness (QED) is 0.679. The molecule has 5 nitrogen and oxygen atoms in total. The van der Waals surface area contributed by atoms with Crippen LogP contribution in [0.4, 0.5) is 0 Å². The van der Waals surface area contributed by atoms with Crippen molar-refractivity contribution in [2.45, 2.75) is 54.9 Å². The first-order valence-corrected chi connectivity index (χ1v) is 13.2. The van der Waals surface area contributed by atoms with Crippen LogP contribution in [-0.2, 0) is 22.9 Å². The number of aryl methyl sites for hydroxylation is 2. The minimum absolute atomic E-state index is 0.0828. The van der Waals surface area contributed by atoms with Crippen molar-refractivity contribution in [2.75, 3.05) is 19.3 Å². The molecule has 1 heterocycles. The highest BCUT2D eigenvalue weighted by Gasteiger charge is 2.25. The summed E-state index contributed by atoms with van der Waals surface area (Å²) in [6, 6.07) is 10.8. The molecule has 1 fully saturated rings. The van der Waals surface area contributed by atoms with Gasteiger partial charge in [0.1, 0.15) is 0 Å². The maximum atomic E-state index is 13.1. The van der Waals surface area contributed by atoms with Crippen molar-refractivity contribution in [1.29, 1.82) is 0 Å². The van der Waals surface area contributed by atoms with Gasteiger partial charge in [-0.15, -0.1) is 11.8 Å². The first-order chi connectivity index (χ1) is 14.4. The third kappa shape index (κ3) is 4.29. The van der Waals surface area contributed by atoms with E-state index in [9.17, 15) is 13.2 Å². The summed E-state index contributed by atoms with van der Waals surface area (Å²) >= 11 is 1.46. The summed E-state index contributed by atoms with van der Waals surface area (Å²) in [6.45, 7) is 3.33. The van der Waals surface area contributed by atoms with Gasteiger partial charge < -0.3 is 4.90 Å². The third-order valence-corrected chi connectivity index (χ3v) is 8.39. The Kier molecular flexibility index (Phi) is 6.23. The minimum Gasteiger partial charge on any atom is -0.339 e. The smallest absolute Gasteiger partial charge is 0.255 e. The Bertz CT molecular complexity index is 1060. The van der Waals surface area contributed by atoms with E-state index in [-0.39, 0.29) is 16.8 Å². The van der Waals surface area contributed by atoms with Crippen molar-refractivity contribution in [3.63, 3.8) is 0 Å². The first kappa shape index (κ1) is 21.4. The van der Waals surface area contributed by atoms with Crippen LogP contribution in [0.25, 0.3) is 0 Å². The summed E-state index contributed by atoms with van der Waals surface area (Å²) in [5, 5.41) is 0. The first-order valence-electron chi connectivity index (χ1n) is 10.5. The lowest BCUT2D eigenvalue weighted by atomic mass is 10.0. The molecule has 0 saturated carbocycles. The summed E-state index contributed by atoms with van der Waals surface area (Å²) in [6.07, 6.45) is 7.22. The fourth-order valence-electron chi connectivity index (χ4n) is 4.34. The number of hydrogen-bond donors (Lipinski definition) is 1. The predicted molar refractivity (Wildman–Crippen MR) is 121 cm³/mol.